The molecular weight excluding hydrogens is 490 g/mol. The molecule has 3 aromatic carbocycles. The van der Waals surface area contributed by atoms with Gasteiger partial charge in [0.05, 0.1) is 6.10 Å². The van der Waals surface area contributed by atoms with Crippen molar-refractivity contribution in [2.75, 3.05) is 31.7 Å². The van der Waals surface area contributed by atoms with E-state index < -0.39 is 0 Å². The molecular formula is C28H29N3O5S. The van der Waals surface area contributed by atoms with Crippen LogP contribution >= 0.6 is 12.2 Å². The number of para-hydroxylation sites is 1. The third-order valence-corrected chi connectivity index (χ3v) is 5.83. The van der Waals surface area contributed by atoms with Crippen molar-refractivity contribution < 1.29 is 23.8 Å². The SMILES string of the molecule is O=C(NCC1CCCO1)c1ccc(NC(=S)NC(=O)c2ccc(OCCOc3ccccc3)cc2)cc1. The largest absolute Gasteiger partial charge is 0.490 e. The van der Waals surface area contributed by atoms with E-state index in [9.17, 15) is 9.59 Å². The van der Waals surface area contributed by atoms with Crippen LogP contribution in [0.5, 0.6) is 11.5 Å². The number of hydrogen-bond donors (Lipinski definition) is 3. The molecule has 1 fully saturated rings. The molecule has 3 N–H and O–H groups in total. The maximum Gasteiger partial charge on any atom is 0.257 e. The molecule has 37 heavy (non-hydrogen) atoms. The molecule has 1 aliphatic heterocycles. The van der Waals surface area contributed by atoms with Gasteiger partial charge in [0.15, 0.2) is 5.11 Å². The Balaban J connectivity index is 1.17. The average Bonchev–Trinajstić information content (AvgIpc) is 3.45. The highest BCUT2D eigenvalue weighted by atomic mass is 32.1. The predicted octanol–water partition coefficient (Wildman–Crippen LogP) is 4.18. The van der Waals surface area contributed by atoms with E-state index in [2.05, 4.69) is 16.0 Å². The second-order valence-electron chi connectivity index (χ2n) is 8.37. The van der Waals surface area contributed by atoms with Crippen molar-refractivity contribution in [3.05, 3.63) is 90.0 Å². The molecule has 0 saturated carbocycles. The number of benzene rings is 3. The van der Waals surface area contributed by atoms with Gasteiger partial charge in [0.1, 0.15) is 24.7 Å². The molecule has 0 aromatic heterocycles. The lowest BCUT2D eigenvalue weighted by Crippen LogP contribution is -2.34. The van der Waals surface area contributed by atoms with Crippen LogP contribution in [0.1, 0.15) is 33.6 Å². The molecule has 4 rings (SSSR count). The maximum atomic E-state index is 12.5. The van der Waals surface area contributed by atoms with E-state index in [1.165, 1.54) is 0 Å². The third-order valence-electron chi connectivity index (χ3n) is 5.63. The van der Waals surface area contributed by atoms with E-state index in [4.69, 9.17) is 26.4 Å². The number of rotatable bonds is 10. The zero-order valence-corrected chi connectivity index (χ0v) is 21.1. The van der Waals surface area contributed by atoms with Gasteiger partial charge in [0.25, 0.3) is 11.8 Å². The van der Waals surface area contributed by atoms with Crippen molar-refractivity contribution >= 4 is 34.8 Å². The highest BCUT2D eigenvalue weighted by molar-refractivity contribution is 7.80. The molecule has 1 atom stereocenters. The number of hydrogen-bond acceptors (Lipinski definition) is 6. The fourth-order valence-corrected chi connectivity index (χ4v) is 3.91. The molecule has 1 heterocycles. The minimum absolute atomic E-state index is 0.0918. The molecule has 0 spiro atoms. The Morgan fingerprint density at radius 3 is 2.11 bits per heavy atom. The van der Waals surface area contributed by atoms with Gasteiger partial charge in [-0.1, -0.05) is 18.2 Å². The van der Waals surface area contributed by atoms with Crippen molar-refractivity contribution in [2.24, 2.45) is 0 Å². The van der Waals surface area contributed by atoms with Gasteiger partial charge < -0.3 is 24.8 Å². The molecule has 1 unspecified atom stereocenters. The van der Waals surface area contributed by atoms with Crippen LogP contribution in [0.3, 0.4) is 0 Å². The lowest BCUT2D eigenvalue weighted by atomic mass is 10.2. The predicted molar refractivity (Wildman–Crippen MR) is 145 cm³/mol. The average molecular weight is 520 g/mol. The molecule has 1 saturated heterocycles. The molecule has 3 aromatic rings. The number of thiocarbonyl (C=S) groups is 1. The summed E-state index contributed by atoms with van der Waals surface area (Å²) in [6.07, 6.45) is 2.09. The zero-order valence-electron chi connectivity index (χ0n) is 20.3. The first-order chi connectivity index (χ1) is 18.1. The van der Waals surface area contributed by atoms with Gasteiger partial charge in [-0.3, -0.25) is 14.9 Å². The van der Waals surface area contributed by atoms with Crippen LogP contribution in [-0.4, -0.2) is 49.4 Å². The van der Waals surface area contributed by atoms with E-state index in [1.54, 1.807) is 48.5 Å². The van der Waals surface area contributed by atoms with Gasteiger partial charge in [0, 0.05) is 30.0 Å². The second-order valence-corrected chi connectivity index (χ2v) is 8.77. The van der Waals surface area contributed by atoms with Crippen molar-refractivity contribution in [3.8, 4) is 11.5 Å². The number of nitrogens with one attached hydrogen (secondary N) is 3. The summed E-state index contributed by atoms with van der Waals surface area (Å²) in [6.45, 7) is 2.05. The minimum Gasteiger partial charge on any atom is -0.490 e. The van der Waals surface area contributed by atoms with E-state index in [1.807, 2.05) is 30.3 Å². The summed E-state index contributed by atoms with van der Waals surface area (Å²) in [5.74, 6) is 0.915. The standard InChI is InChI=1S/C28H29N3O5S/c32-26(29-19-25-7-4-16-34-25)20-8-12-22(13-9-20)30-28(37)31-27(33)21-10-14-24(15-11-21)36-18-17-35-23-5-2-1-3-6-23/h1-3,5-6,8-15,25H,4,7,16-19H2,(H,29,32)(H2,30,31,33,37). The monoisotopic (exact) mass is 519 g/mol. The lowest BCUT2D eigenvalue weighted by molar-refractivity contribution is 0.0857. The fraction of sp³-hybridized carbons (Fsp3) is 0.250. The maximum absolute atomic E-state index is 12.5. The van der Waals surface area contributed by atoms with Gasteiger partial charge in [-0.05, 0) is 85.7 Å². The van der Waals surface area contributed by atoms with Gasteiger partial charge in [0.2, 0.25) is 0 Å². The molecule has 2 amide bonds. The Kier molecular flexibility index (Phi) is 9.45. The number of anilines is 1. The normalized spacial score (nSPS) is 14.4. The fourth-order valence-electron chi connectivity index (χ4n) is 3.69. The zero-order chi connectivity index (χ0) is 25.9. The summed E-state index contributed by atoms with van der Waals surface area (Å²) < 4.78 is 16.8. The van der Waals surface area contributed by atoms with Crippen LogP contribution in [0.25, 0.3) is 0 Å². The first-order valence-corrected chi connectivity index (χ1v) is 12.5. The molecule has 1 aliphatic rings. The summed E-state index contributed by atoms with van der Waals surface area (Å²) >= 11 is 5.26. The van der Waals surface area contributed by atoms with Crippen molar-refractivity contribution in [2.45, 2.75) is 18.9 Å². The summed E-state index contributed by atoms with van der Waals surface area (Å²) in [6, 6.07) is 23.1. The number of carbonyl (C=O) groups excluding carboxylic acids is 2. The van der Waals surface area contributed by atoms with E-state index >= 15 is 0 Å². The minimum atomic E-state index is -0.346. The Morgan fingerprint density at radius 1 is 0.838 bits per heavy atom. The van der Waals surface area contributed by atoms with Gasteiger partial charge in [-0.25, -0.2) is 0 Å². The van der Waals surface area contributed by atoms with Crippen LogP contribution in [-0.2, 0) is 4.74 Å². The topological polar surface area (TPSA) is 97.9 Å². The Labute approximate surface area is 221 Å². The number of amides is 2. The van der Waals surface area contributed by atoms with E-state index in [0.717, 1.165) is 25.2 Å². The molecule has 0 radical (unpaired) electrons. The summed E-state index contributed by atoms with van der Waals surface area (Å²) in [5.41, 5.74) is 1.63. The molecule has 9 heteroatoms. The van der Waals surface area contributed by atoms with Crippen LogP contribution in [0.4, 0.5) is 5.69 Å². The van der Waals surface area contributed by atoms with Crippen LogP contribution in [0.2, 0.25) is 0 Å². The molecule has 0 aliphatic carbocycles. The van der Waals surface area contributed by atoms with Crippen molar-refractivity contribution in [1.29, 1.82) is 0 Å². The van der Waals surface area contributed by atoms with Crippen LogP contribution in [0.15, 0.2) is 78.9 Å². The molecule has 0 bridgehead atoms. The summed E-state index contributed by atoms with van der Waals surface area (Å²) in [7, 11) is 0. The lowest BCUT2D eigenvalue weighted by Gasteiger charge is -2.12. The first-order valence-electron chi connectivity index (χ1n) is 12.1. The highest BCUT2D eigenvalue weighted by Crippen LogP contribution is 2.14. The quantitative estimate of drug-likeness (QED) is 0.273. The Bertz CT molecular complexity index is 1180. The van der Waals surface area contributed by atoms with Crippen LogP contribution < -0.4 is 25.4 Å². The van der Waals surface area contributed by atoms with Crippen LogP contribution in [0, 0.1) is 0 Å². The number of ether oxygens (including phenoxy) is 3. The third kappa shape index (κ3) is 8.30. The number of carbonyl (C=O) groups is 2. The smallest absolute Gasteiger partial charge is 0.257 e. The van der Waals surface area contributed by atoms with Gasteiger partial charge in [-0.2, -0.15) is 0 Å². The van der Waals surface area contributed by atoms with Gasteiger partial charge in [-0.15, -0.1) is 0 Å². The van der Waals surface area contributed by atoms with Crippen molar-refractivity contribution in [1.82, 2.24) is 10.6 Å². The Morgan fingerprint density at radius 2 is 1.46 bits per heavy atom. The molecule has 8 nitrogen and oxygen atoms in total. The van der Waals surface area contributed by atoms with Crippen molar-refractivity contribution in [3.63, 3.8) is 0 Å². The summed E-state index contributed by atoms with van der Waals surface area (Å²) in [5, 5.41) is 8.64. The highest BCUT2D eigenvalue weighted by Gasteiger charge is 2.16. The second kappa shape index (κ2) is 13.4. The first kappa shape index (κ1) is 26.1. The van der Waals surface area contributed by atoms with Gasteiger partial charge >= 0.3 is 0 Å². The van der Waals surface area contributed by atoms with E-state index in [-0.39, 0.29) is 23.0 Å². The Hall–Kier alpha value is -3.95. The summed E-state index contributed by atoms with van der Waals surface area (Å²) in [4.78, 5) is 24.8. The van der Waals surface area contributed by atoms with E-state index in [0.29, 0.717) is 42.3 Å². The molecule has 192 valence electrons.